The Hall–Kier alpha value is -1.02. The van der Waals surface area contributed by atoms with E-state index in [1.807, 2.05) is 19.1 Å². The lowest BCUT2D eigenvalue weighted by Crippen LogP contribution is -2.02. The number of hydroxylamine groups is 1. The topological polar surface area (TPSA) is 21.3 Å². The van der Waals surface area contributed by atoms with E-state index in [4.69, 9.17) is 4.84 Å². The normalized spacial score (nSPS) is 25.3. The van der Waals surface area contributed by atoms with Crippen molar-refractivity contribution in [2.24, 2.45) is 0 Å². The summed E-state index contributed by atoms with van der Waals surface area (Å²) in [7, 11) is 0. The van der Waals surface area contributed by atoms with E-state index in [2.05, 4.69) is 12.1 Å². The highest BCUT2D eigenvalue weighted by Crippen LogP contribution is 2.14. The van der Waals surface area contributed by atoms with E-state index < -0.39 is 0 Å². The molecule has 0 radical (unpaired) electrons. The minimum atomic E-state index is 0.788. The lowest BCUT2D eigenvalue weighted by molar-refractivity contribution is 0.157. The average molecular weight is 137 g/mol. The van der Waals surface area contributed by atoms with Crippen LogP contribution in [0.1, 0.15) is 6.92 Å². The van der Waals surface area contributed by atoms with Crippen LogP contribution in [0.3, 0.4) is 0 Å². The van der Waals surface area contributed by atoms with Crippen LogP contribution in [0.25, 0.3) is 0 Å². The fourth-order valence-electron chi connectivity index (χ4n) is 0.837. The number of nitrogens with one attached hydrogen (secondary N) is 1. The third kappa shape index (κ3) is 1.28. The van der Waals surface area contributed by atoms with Crippen LogP contribution in [0.5, 0.6) is 0 Å². The van der Waals surface area contributed by atoms with Gasteiger partial charge in [0.15, 0.2) is 5.76 Å². The van der Waals surface area contributed by atoms with Crippen LogP contribution in [0.2, 0.25) is 0 Å². The summed E-state index contributed by atoms with van der Waals surface area (Å²) >= 11 is 0. The third-order valence-electron chi connectivity index (χ3n) is 1.38. The van der Waals surface area contributed by atoms with Crippen LogP contribution in [0, 0.1) is 0 Å². The molecule has 2 heteroatoms. The van der Waals surface area contributed by atoms with Gasteiger partial charge in [0.1, 0.15) is 0 Å². The summed E-state index contributed by atoms with van der Waals surface area (Å²) in [6, 6.07) is 0. The average Bonchev–Trinajstić information content (AvgIpc) is 2.36. The lowest BCUT2D eigenvalue weighted by atomic mass is 10.2. The van der Waals surface area contributed by atoms with Crippen molar-refractivity contribution in [1.82, 2.24) is 5.48 Å². The van der Waals surface area contributed by atoms with Crippen molar-refractivity contribution in [3.05, 3.63) is 36.1 Å². The van der Waals surface area contributed by atoms with Crippen LogP contribution >= 0.6 is 0 Å². The fraction of sp³-hybridized carbons (Fsp3) is 0.250. The van der Waals surface area contributed by atoms with Crippen LogP contribution in [-0.4, -0.2) is 6.54 Å². The van der Waals surface area contributed by atoms with Crippen molar-refractivity contribution in [3.63, 3.8) is 0 Å². The minimum Gasteiger partial charge on any atom is -0.408 e. The van der Waals surface area contributed by atoms with Crippen LogP contribution in [0.4, 0.5) is 0 Å². The number of allylic oxidation sites excluding steroid dienone is 3. The number of hydrogen-bond acceptors (Lipinski definition) is 2. The maximum atomic E-state index is 5.07. The van der Waals surface area contributed by atoms with Gasteiger partial charge < -0.3 is 4.84 Å². The molecule has 0 saturated carbocycles. The van der Waals surface area contributed by atoms with E-state index >= 15 is 0 Å². The first-order valence-corrected chi connectivity index (χ1v) is 3.26. The summed E-state index contributed by atoms with van der Waals surface area (Å²) in [5.41, 5.74) is 3.95. The molecule has 1 aliphatic rings. The molecule has 0 unspecified atom stereocenters. The van der Waals surface area contributed by atoms with Gasteiger partial charge in [-0.2, -0.15) is 5.48 Å². The van der Waals surface area contributed by atoms with E-state index in [1.54, 1.807) is 6.08 Å². The Morgan fingerprint density at radius 1 is 1.70 bits per heavy atom. The molecule has 0 aliphatic carbocycles. The quantitative estimate of drug-likeness (QED) is 0.592. The molecule has 1 rings (SSSR count). The molecule has 54 valence electrons. The molecule has 0 atom stereocenters. The van der Waals surface area contributed by atoms with Crippen molar-refractivity contribution in [2.45, 2.75) is 6.92 Å². The molecule has 0 aromatic rings. The Morgan fingerprint density at radius 3 is 3.10 bits per heavy atom. The van der Waals surface area contributed by atoms with E-state index in [1.165, 1.54) is 5.57 Å². The minimum absolute atomic E-state index is 0.788. The van der Waals surface area contributed by atoms with Crippen LogP contribution < -0.4 is 5.48 Å². The smallest absolute Gasteiger partial charge is 0.151 e. The van der Waals surface area contributed by atoms with Gasteiger partial charge in [0, 0.05) is 5.57 Å². The Balaban J connectivity index is 2.77. The number of hydrogen-bond donors (Lipinski definition) is 1. The summed E-state index contributed by atoms with van der Waals surface area (Å²) in [5, 5.41) is 0. The highest BCUT2D eigenvalue weighted by Gasteiger charge is 2.11. The Kier molecular flexibility index (Phi) is 2.29. The second-order valence-corrected chi connectivity index (χ2v) is 2.00. The molecule has 0 aromatic heterocycles. The van der Waals surface area contributed by atoms with Gasteiger partial charge in [-0.15, -0.1) is 0 Å². The van der Waals surface area contributed by atoms with Gasteiger partial charge in [0.25, 0.3) is 0 Å². The summed E-state index contributed by atoms with van der Waals surface area (Å²) in [6.45, 7) is 6.36. The monoisotopic (exact) mass is 137 g/mol. The third-order valence-corrected chi connectivity index (χ3v) is 1.38. The highest BCUT2D eigenvalue weighted by atomic mass is 16.7. The van der Waals surface area contributed by atoms with Crippen molar-refractivity contribution in [1.29, 1.82) is 0 Å². The molecule has 0 amide bonds. The maximum absolute atomic E-state index is 5.07. The molecular formula is C8H11NO. The predicted molar refractivity (Wildman–Crippen MR) is 41.1 cm³/mol. The molecule has 1 N–H and O–H groups in total. The fourth-order valence-corrected chi connectivity index (χ4v) is 0.837. The van der Waals surface area contributed by atoms with E-state index in [-0.39, 0.29) is 0 Å². The van der Waals surface area contributed by atoms with Crippen LogP contribution in [0.15, 0.2) is 36.1 Å². The molecular weight excluding hydrogens is 126 g/mol. The second kappa shape index (κ2) is 3.22. The molecule has 0 aromatic carbocycles. The number of rotatable bonds is 1. The summed E-state index contributed by atoms with van der Waals surface area (Å²) in [6.07, 6.45) is 5.58. The molecule has 1 aliphatic heterocycles. The van der Waals surface area contributed by atoms with Crippen molar-refractivity contribution >= 4 is 0 Å². The highest BCUT2D eigenvalue weighted by molar-refractivity contribution is 5.31. The van der Waals surface area contributed by atoms with Gasteiger partial charge in [-0.3, -0.25) is 0 Å². The van der Waals surface area contributed by atoms with Crippen molar-refractivity contribution in [3.8, 4) is 0 Å². The molecule has 1 heterocycles. The standard InChI is InChI=1S/C8H11NO/c1-3-5-8-7(4-2)6-9-10-8/h3-5,9H,1,6H2,2H3/b7-4-,8-5+. The van der Waals surface area contributed by atoms with E-state index in [0.717, 1.165) is 12.3 Å². The van der Waals surface area contributed by atoms with E-state index in [9.17, 15) is 0 Å². The summed E-state index contributed by atoms with van der Waals surface area (Å²) in [5.74, 6) is 0.873. The van der Waals surface area contributed by atoms with Gasteiger partial charge in [0.05, 0.1) is 6.54 Å². The van der Waals surface area contributed by atoms with Crippen molar-refractivity contribution in [2.75, 3.05) is 6.54 Å². The maximum Gasteiger partial charge on any atom is 0.151 e. The van der Waals surface area contributed by atoms with Gasteiger partial charge >= 0.3 is 0 Å². The molecule has 0 spiro atoms. The molecule has 0 bridgehead atoms. The Morgan fingerprint density at radius 2 is 2.50 bits per heavy atom. The zero-order valence-corrected chi connectivity index (χ0v) is 6.05. The van der Waals surface area contributed by atoms with E-state index in [0.29, 0.717) is 0 Å². The lowest BCUT2D eigenvalue weighted by Gasteiger charge is -1.93. The van der Waals surface area contributed by atoms with Gasteiger partial charge in [-0.25, -0.2) is 0 Å². The summed E-state index contributed by atoms with van der Waals surface area (Å²) in [4.78, 5) is 5.07. The zero-order chi connectivity index (χ0) is 7.40. The Bertz CT molecular complexity index is 191. The molecule has 10 heavy (non-hydrogen) atoms. The first-order valence-electron chi connectivity index (χ1n) is 3.26. The molecule has 2 nitrogen and oxygen atoms in total. The van der Waals surface area contributed by atoms with Crippen molar-refractivity contribution < 1.29 is 4.84 Å². The largest absolute Gasteiger partial charge is 0.408 e. The first-order chi connectivity index (χ1) is 4.88. The first kappa shape index (κ1) is 7.09. The second-order valence-electron chi connectivity index (χ2n) is 2.00. The SMILES string of the molecule is C=C/C=C1/ONC/C1=C/C. The van der Waals surface area contributed by atoms with Gasteiger partial charge in [-0.1, -0.05) is 18.7 Å². The summed E-state index contributed by atoms with van der Waals surface area (Å²) < 4.78 is 0. The van der Waals surface area contributed by atoms with Crippen LogP contribution in [-0.2, 0) is 4.84 Å². The molecule has 1 saturated heterocycles. The van der Waals surface area contributed by atoms with Gasteiger partial charge in [0.2, 0.25) is 0 Å². The zero-order valence-electron chi connectivity index (χ0n) is 6.05. The molecule has 1 fully saturated rings. The van der Waals surface area contributed by atoms with Gasteiger partial charge in [-0.05, 0) is 13.0 Å². The predicted octanol–water partition coefficient (Wildman–Crippen LogP) is 1.54. The Labute approximate surface area is 60.8 Å².